The Hall–Kier alpha value is -3.43. The average Bonchev–Trinajstić information content (AvgIpc) is 2.66. The van der Waals surface area contributed by atoms with Crippen LogP contribution >= 0.6 is 0 Å². The van der Waals surface area contributed by atoms with Gasteiger partial charge in [0.2, 0.25) is 0 Å². The van der Waals surface area contributed by atoms with Crippen molar-refractivity contribution in [3.63, 3.8) is 0 Å². The van der Waals surface area contributed by atoms with Gasteiger partial charge in [-0.3, -0.25) is 4.79 Å². The van der Waals surface area contributed by atoms with Crippen molar-refractivity contribution >= 4 is 17.0 Å². The molecule has 1 aromatic carbocycles. The number of carbonyl (C=O) groups excluding carboxylic acids is 1. The first-order chi connectivity index (χ1) is 13.6. The highest BCUT2D eigenvalue weighted by atomic mass is 19.4. The number of benzene rings is 1. The van der Waals surface area contributed by atoms with Crippen LogP contribution in [0.3, 0.4) is 0 Å². The summed E-state index contributed by atoms with van der Waals surface area (Å²) in [7, 11) is 1.23. The molecule has 1 N–H and O–H groups in total. The molecule has 0 saturated carbocycles. The van der Waals surface area contributed by atoms with E-state index in [9.17, 15) is 22.8 Å². The van der Waals surface area contributed by atoms with E-state index in [2.05, 4.69) is 19.7 Å². The second-order valence-electron chi connectivity index (χ2n) is 6.22. The first kappa shape index (κ1) is 20.3. The zero-order chi connectivity index (χ0) is 21.3. The van der Waals surface area contributed by atoms with E-state index in [4.69, 9.17) is 4.74 Å². The zero-order valence-electron chi connectivity index (χ0n) is 15.6. The lowest BCUT2D eigenvalue weighted by Crippen LogP contribution is -2.19. The van der Waals surface area contributed by atoms with E-state index in [1.807, 2.05) is 0 Å². The summed E-state index contributed by atoms with van der Waals surface area (Å²) in [5, 5.41) is -0.0740. The van der Waals surface area contributed by atoms with E-state index in [1.54, 1.807) is 0 Å². The van der Waals surface area contributed by atoms with E-state index in [0.717, 1.165) is 6.07 Å². The fourth-order valence-corrected chi connectivity index (χ4v) is 2.78. The predicted molar refractivity (Wildman–Crippen MR) is 96.7 cm³/mol. The van der Waals surface area contributed by atoms with Crippen molar-refractivity contribution in [1.82, 2.24) is 15.0 Å². The first-order valence-electron chi connectivity index (χ1n) is 8.44. The highest BCUT2D eigenvalue weighted by Crippen LogP contribution is 2.35. The minimum atomic E-state index is -4.77. The molecule has 1 atom stereocenters. The number of aromatic nitrogens is 3. The lowest BCUT2D eigenvalue weighted by molar-refractivity contribution is -0.142. The number of hydrogen-bond donors (Lipinski definition) is 1. The third-order valence-electron chi connectivity index (χ3n) is 4.14. The monoisotopic (exact) mass is 407 g/mol. The van der Waals surface area contributed by atoms with Crippen LogP contribution in [0, 0.1) is 6.92 Å². The summed E-state index contributed by atoms with van der Waals surface area (Å²) in [5.74, 6) is -0.162. The molecule has 2 aromatic heterocycles. The summed E-state index contributed by atoms with van der Waals surface area (Å²) in [4.78, 5) is 33.5. The van der Waals surface area contributed by atoms with Gasteiger partial charge in [0, 0.05) is 5.56 Å². The molecule has 0 saturated heterocycles. The molecule has 0 aliphatic rings. The molecule has 29 heavy (non-hydrogen) atoms. The molecule has 2 heterocycles. The average molecular weight is 407 g/mol. The van der Waals surface area contributed by atoms with E-state index in [1.165, 1.54) is 45.2 Å². The summed E-state index contributed by atoms with van der Waals surface area (Å²) in [6.45, 7) is 2.86. The molecule has 1 unspecified atom stereocenters. The largest absolute Gasteiger partial charge is 0.486 e. The van der Waals surface area contributed by atoms with E-state index in [0.29, 0.717) is 0 Å². The Labute approximate surface area is 162 Å². The Kier molecular flexibility index (Phi) is 5.27. The van der Waals surface area contributed by atoms with Gasteiger partial charge in [0.15, 0.2) is 11.3 Å². The molecule has 0 aliphatic carbocycles. The number of esters is 1. The summed E-state index contributed by atoms with van der Waals surface area (Å²) < 4.78 is 50.9. The number of halogens is 3. The molecule has 0 spiro atoms. The lowest BCUT2D eigenvalue weighted by Gasteiger charge is -2.19. The number of aryl methyl sites for hydroxylation is 1. The number of fused-ring (bicyclic) bond motifs is 1. The van der Waals surface area contributed by atoms with Gasteiger partial charge in [-0.2, -0.15) is 13.2 Å². The summed E-state index contributed by atoms with van der Waals surface area (Å²) in [6, 6.07) is 6.80. The highest BCUT2D eigenvalue weighted by Gasteiger charge is 2.38. The normalized spacial score (nSPS) is 12.6. The SMILES string of the molecule is COC(=O)c1ccc(OC(C)c2cc3c(=O)[nH]c(C)nc3nc2C(F)(F)F)cc1. The van der Waals surface area contributed by atoms with Crippen LogP contribution in [0.5, 0.6) is 5.75 Å². The van der Waals surface area contributed by atoms with E-state index < -0.39 is 29.5 Å². The van der Waals surface area contributed by atoms with Crippen LogP contribution in [0.25, 0.3) is 11.0 Å². The molecule has 0 bridgehead atoms. The zero-order valence-corrected chi connectivity index (χ0v) is 15.6. The van der Waals surface area contributed by atoms with Crippen molar-refractivity contribution in [3.05, 3.63) is 63.3 Å². The molecule has 0 aliphatic heterocycles. The molecule has 7 nitrogen and oxygen atoms in total. The Balaban J connectivity index is 2.03. The van der Waals surface area contributed by atoms with Gasteiger partial charge in [-0.15, -0.1) is 0 Å². The number of aromatic amines is 1. The molecular weight excluding hydrogens is 391 g/mol. The quantitative estimate of drug-likeness (QED) is 0.665. The molecule has 0 radical (unpaired) electrons. The Morgan fingerprint density at radius 3 is 2.41 bits per heavy atom. The van der Waals surface area contributed by atoms with E-state index >= 15 is 0 Å². The van der Waals surface area contributed by atoms with Crippen molar-refractivity contribution in [3.8, 4) is 5.75 Å². The molecule has 0 amide bonds. The molecule has 0 fully saturated rings. The molecule has 3 aromatic rings. The van der Waals surface area contributed by atoms with Crippen LogP contribution in [0.15, 0.2) is 35.1 Å². The fraction of sp³-hybridized carbons (Fsp3) is 0.263. The molecular formula is C19H16F3N3O4. The number of methoxy groups -OCH3 is 1. The number of rotatable bonds is 4. The van der Waals surface area contributed by atoms with Gasteiger partial charge in [-0.25, -0.2) is 14.8 Å². The first-order valence-corrected chi connectivity index (χ1v) is 8.44. The second-order valence-corrected chi connectivity index (χ2v) is 6.22. The highest BCUT2D eigenvalue weighted by molar-refractivity contribution is 5.89. The molecule has 3 rings (SSSR count). The van der Waals surface area contributed by atoms with Crippen LogP contribution in [0.1, 0.15) is 40.5 Å². The maximum absolute atomic E-state index is 13.6. The topological polar surface area (TPSA) is 94.2 Å². The van der Waals surface area contributed by atoms with Gasteiger partial charge in [0.1, 0.15) is 17.7 Å². The lowest BCUT2D eigenvalue weighted by atomic mass is 10.1. The smallest absolute Gasteiger partial charge is 0.433 e. The number of alkyl halides is 3. The number of hydrogen-bond acceptors (Lipinski definition) is 6. The van der Waals surface area contributed by atoms with Gasteiger partial charge in [0.25, 0.3) is 5.56 Å². The van der Waals surface area contributed by atoms with Crippen LogP contribution in [0.4, 0.5) is 13.2 Å². The predicted octanol–water partition coefficient (Wildman–Crippen LogP) is 3.57. The van der Waals surface area contributed by atoms with Crippen molar-refractivity contribution in [2.24, 2.45) is 0 Å². The minimum absolute atomic E-state index is 0.0740. The van der Waals surface area contributed by atoms with Crippen LogP contribution in [0.2, 0.25) is 0 Å². The Morgan fingerprint density at radius 1 is 1.17 bits per heavy atom. The number of H-pyrrole nitrogens is 1. The van der Waals surface area contributed by atoms with Crippen molar-refractivity contribution in [2.75, 3.05) is 7.11 Å². The van der Waals surface area contributed by atoms with Crippen LogP contribution in [-0.2, 0) is 10.9 Å². The third-order valence-corrected chi connectivity index (χ3v) is 4.14. The summed E-state index contributed by atoms with van der Waals surface area (Å²) in [5.41, 5.74) is -2.11. The molecule has 152 valence electrons. The summed E-state index contributed by atoms with van der Waals surface area (Å²) >= 11 is 0. The van der Waals surface area contributed by atoms with Crippen molar-refractivity contribution in [1.29, 1.82) is 0 Å². The number of nitrogens with one attached hydrogen (secondary N) is 1. The van der Waals surface area contributed by atoms with Gasteiger partial charge in [-0.1, -0.05) is 0 Å². The number of pyridine rings is 1. The van der Waals surface area contributed by atoms with E-state index in [-0.39, 0.29) is 33.7 Å². The van der Waals surface area contributed by atoms with Crippen LogP contribution in [-0.4, -0.2) is 28.0 Å². The standard InChI is InChI=1S/C19H16F3N3O4/c1-9(29-12-6-4-11(5-7-12)18(27)28-3)13-8-14-16(23-10(2)24-17(14)26)25-15(13)19(20,21)22/h4-9H,1-3H3,(H,23,24,25,26). The fourth-order valence-electron chi connectivity index (χ4n) is 2.78. The van der Waals surface area contributed by atoms with Gasteiger partial charge in [0.05, 0.1) is 18.1 Å². The van der Waals surface area contributed by atoms with Crippen LogP contribution < -0.4 is 10.3 Å². The maximum atomic E-state index is 13.6. The minimum Gasteiger partial charge on any atom is -0.486 e. The Bertz CT molecular complexity index is 1120. The third kappa shape index (κ3) is 4.20. The second kappa shape index (κ2) is 7.53. The Morgan fingerprint density at radius 2 is 1.83 bits per heavy atom. The summed E-state index contributed by atoms with van der Waals surface area (Å²) in [6.07, 6.45) is -5.86. The maximum Gasteiger partial charge on any atom is 0.433 e. The number of carbonyl (C=O) groups is 1. The van der Waals surface area contributed by atoms with Crippen molar-refractivity contribution < 1.29 is 27.4 Å². The van der Waals surface area contributed by atoms with Gasteiger partial charge < -0.3 is 14.5 Å². The number of nitrogens with zero attached hydrogens (tertiary/aromatic N) is 2. The van der Waals surface area contributed by atoms with Gasteiger partial charge >= 0.3 is 12.1 Å². The van der Waals surface area contributed by atoms with Gasteiger partial charge in [-0.05, 0) is 44.2 Å². The van der Waals surface area contributed by atoms with Crippen molar-refractivity contribution in [2.45, 2.75) is 26.1 Å². The number of ether oxygens (including phenoxy) is 2. The molecule has 10 heteroatoms.